The zero-order valence-corrected chi connectivity index (χ0v) is 47.4. The van der Waals surface area contributed by atoms with Gasteiger partial charge in [0.15, 0.2) is 0 Å². The van der Waals surface area contributed by atoms with E-state index in [0.29, 0.717) is 18.5 Å². The third-order valence-electron chi connectivity index (χ3n) is 12.7. The van der Waals surface area contributed by atoms with Crippen LogP contribution in [0.15, 0.2) is 12.5 Å². The number of unbranched alkanes of at least 4 members (excludes halogenated alkanes) is 1. The second kappa shape index (κ2) is 38.0. The molecule has 33 nitrogen and oxygen atoms in total. The fourth-order valence-electron chi connectivity index (χ4n) is 7.80. The number of carbonyl (C=O) groups is 13. The van der Waals surface area contributed by atoms with Crippen molar-refractivity contribution < 1.29 is 93.0 Å². The van der Waals surface area contributed by atoms with Crippen molar-refractivity contribution in [2.24, 2.45) is 29.2 Å². The van der Waals surface area contributed by atoms with E-state index in [1.807, 2.05) is 5.32 Å². The molecule has 468 valence electrons. The predicted molar refractivity (Wildman–Crippen MR) is 290 cm³/mol. The predicted octanol–water partition coefficient (Wildman–Crippen LogP) is -6.57. The summed E-state index contributed by atoms with van der Waals surface area (Å²) in [6.45, 7) is 6.18. The number of carbonyl (C=O) groups excluding carboxylic acids is 10. The van der Waals surface area contributed by atoms with Crippen LogP contribution in [-0.2, 0) is 68.7 Å². The van der Waals surface area contributed by atoms with Crippen LogP contribution >= 0.6 is 0 Å². The van der Waals surface area contributed by atoms with E-state index in [9.17, 15) is 93.0 Å². The molecule has 0 saturated heterocycles. The molecule has 0 aliphatic heterocycles. The number of nitrogens with two attached hydrogens (primary N) is 2. The number of carboxylic acid groups (broad SMARTS) is 3. The number of nitrogens with one attached hydrogen (secondary N) is 11. The van der Waals surface area contributed by atoms with Gasteiger partial charge >= 0.3 is 17.9 Å². The van der Waals surface area contributed by atoms with Gasteiger partial charge in [0.25, 0.3) is 0 Å². The number of nitrogens with zero attached hydrogens (tertiary/aromatic N) is 1. The normalized spacial score (nSPS) is 15.1. The number of aliphatic hydroxyl groups is 3. The van der Waals surface area contributed by atoms with Crippen molar-refractivity contribution >= 4 is 77.0 Å². The Kier molecular flexibility index (Phi) is 33.5. The van der Waals surface area contributed by atoms with Crippen LogP contribution in [0, 0.1) is 17.8 Å². The second-order valence-electron chi connectivity index (χ2n) is 20.3. The number of aliphatic carboxylic acids is 3. The molecule has 1 aromatic rings. The molecule has 1 rings (SSSR count). The Morgan fingerprint density at radius 2 is 0.952 bits per heavy atom. The largest absolute Gasteiger partial charge is 0.481 e. The van der Waals surface area contributed by atoms with E-state index in [1.165, 1.54) is 33.3 Å². The molecule has 0 spiro atoms. The Labute approximate surface area is 478 Å². The van der Waals surface area contributed by atoms with Gasteiger partial charge in [-0.15, -0.1) is 0 Å². The number of aliphatic hydroxyl groups excluding tert-OH is 3. The fourth-order valence-corrected chi connectivity index (χ4v) is 7.80. The molecule has 0 fully saturated rings. The summed E-state index contributed by atoms with van der Waals surface area (Å²) in [7, 11) is 0. The third kappa shape index (κ3) is 26.7. The molecule has 0 unspecified atom stereocenters. The van der Waals surface area contributed by atoms with Gasteiger partial charge < -0.3 is 100 Å². The highest BCUT2D eigenvalue weighted by Gasteiger charge is 2.38. The first-order valence-corrected chi connectivity index (χ1v) is 27.0. The lowest BCUT2D eigenvalue weighted by Gasteiger charge is -2.29. The van der Waals surface area contributed by atoms with Crippen LogP contribution in [0.1, 0.15) is 105 Å². The van der Waals surface area contributed by atoms with E-state index in [2.05, 4.69) is 57.8 Å². The first kappa shape index (κ1) is 73.1. The van der Waals surface area contributed by atoms with Crippen LogP contribution in [0.2, 0.25) is 0 Å². The molecule has 0 aliphatic rings. The van der Waals surface area contributed by atoms with Crippen molar-refractivity contribution in [1.29, 1.82) is 0 Å². The molecule has 11 atom stereocenters. The minimum atomic E-state index is -2.04. The number of aromatic amines is 1. The Hall–Kier alpha value is -7.88. The fraction of sp³-hybridized carbons (Fsp3) is 0.680. The van der Waals surface area contributed by atoms with Crippen molar-refractivity contribution in [3.8, 4) is 0 Å². The molecule has 33 heteroatoms. The van der Waals surface area contributed by atoms with Gasteiger partial charge in [-0.3, -0.25) is 57.5 Å². The molecule has 0 radical (unpaired) electrons. The van der Waals surface area contributed by atoms with Crippen LogP contribution in [-0.4, -0.2) is 211 Å². The van der Waals surface area contributed by atoms with Crippen molar-refractivity contribution in [2.75, 3.05) is 32.9 Å². The molecular formula is C50H84N14O19. The maximum absolute atomic E-state index is 14.0. The van der Waals surface area contributed by atoms with Gasteiger partial charge in [-0.05, 0) is 56.4 Å². The Morgan fingerprint density at radius 1 is 0.506 bits per heavy atom. The zero-order valence-electron chi connectivity index (χ0n) is 47.4. The Balaban J connectivity index is 3.33. The minimum absolute atomic E-state index is 0.00831. The maximum Gasteiger partial charge on any atom is 0.326 e. The number of aromatic nitrogens is 2. The van der Waals surface area contributed by atoms with Crippen molar-refractivity contribution in [2.45, 2.75) is 166 Å². The molecular weight excluding hydrogens is 1100 g/mol. The quantitative estimate of drug-likeness (QED) is 0.0271. The average Bonchev–Trinajstić information content (AvgIpc) is 3.97. The number of carboxylic acids is 3. The van der Waals surface area contributed by atoms with Crippen molar-refractivity contribution in [3.05, 3.63) is 18.2 Å². The van der Waals surface area contributed by atoms with Gasteiger partial charge in [0, 0.05) is 32.0 Å². The summed E-state index contributed by atoms with van der Waals surface area (Å²) in [5.41, 5.74) is 11.6. The molecule has 0 bridgehead atoms. The van der Waals surface area contributed by atoms with Gasteiger partial charge in [-0.1, -0.05) is 48.0 Å². The van der Waals surface area contributed by atoms with Crippen molar-refractivity contribution in [3.63, 3.8) is 0 Å². The first-order valence-electron chi connectivity index (χ1n) is 27.0. The first-order chi connectivity index (χ1) is 39.1. The van der Waals surface area contributed by atoms with E-state index in [1.54, 1.807) is 20.8 Å². The maximum atomic E-state index is 14.0. The third-order valence-corrected chi connectivity index (χ3v) is 12.7. The lowest BCUT2D eigenvalue weighted by molar-refractivity contribution is -0.144. The molecule has 0 saturated carbocycles. The van der Waals surface area contributed by atoms with Crippen LogP contribution in [0.4, 0.5) is 0 Å². The number of hydrogen-bond donors (Lipinski definition) is 19. The highest BCUT2D eigenvalue weighted by molar-refractivity contribution is 5.99. The van der Waals surface area contributed by atoms with Crippen LogP contribution in [0.5, 0.6) is 0 Å². The molecule has 1 aromatic heterocycles. The summed E-state index contributed by atoms with van der Waals surface area (Å²) in [5.74, 6) is -16.9. The lowest BCUT2D eigenvalue weighted by atomic mass is 9.97. The number of H-pyrrole nitrogens is 1. The van der Waals surface area contributed by atoms with Gasteiger partial charge in [0.2, 0.25) is 59.1 Å². The van der Waals surface area contributed by atoms with Gasteiger partial charge in [-0.25, -0.2) is 9.78 Å². The summed E-state index contributed by atoms with van der Waals surface area (Å²) in [5, 5.41) is 82.1. The molecule has 0 aliphatic carbocycles. The second-order valence-corrected chi connectivity index (χ2v) is 20.3. The SMILES string of the molecule is CC[C@H](C)[C@H](NC(=O)[C@H](CO)NC(=O)[C@H](CO)NC(=O)[C@H](CC(C)C)NC(=O)[C@H](CCCCN)NC(=O)[C@H](Cc1c[nH]cn1)NC(=O)CCN)C(=O)N[C@@H](CC(=O)O)C(=O)N[C@@H](CO)C(=O)N[C@@H](CCC(=O)O)C(=O)N[C@H](C(=O)O)C(C)C. The average molecular weight is 1190 g/mol. The lowest BCUT2D eigenvalue weighted by Crippen LogP contribution is -2.62. The van der Waals surface area contributed by atoms with Crippen LogP contribution < -0.4 is 64.6 Å². The monoisotopic (exact) mass is 1180 g/mol. The van der Waals surface area contributed by atoms with Gasteiger partial charge in [0.05, 0.1) is 38.3 Å². The van der Waals surface area contributed by atoms with Gasteiger partial charge in [-0.2, -0.15) is 0 Å². The van der Waals surface area contributed by atoms with E-state index >= 15 is 0 Å². The smallest absolute Gasteiger partial charge is 0.326 e. The molecule has 1 heterocycles. The van der Waals surface area contributed by atoms with E-state index < -0.39 is 188 Å². The molecule has 0 aromatic carbocycles. The van der Waals surface area contributed by atoms with Crippen LogP contribution in [0.3, 0.4) is 0 Å². The zero-order chi connectivity index (χ0) is 63.1. The summed E-state index contributed by atoms with van der Waals surface area (Å²) in [6, 6.07) is -16.5. The van der Waals surface area contributed by atoms with Gasteiger partial charge in [0.1, 0.15) is 60.4 Å². The Bertz CT molecular complexity index is 2340. The standard InChI is InChI=1S/C50H84N14O19/c1-7-26(6)40(49(81)59-32(18-38(71)72)45(77)61-33(20-65)46(78)57-29(11-12-37(69)70)42(74)63-39(25(4)5)50(82)83)64-48(80)35(22-67)62-47(79)34(21-66)60-43(75)30(16-24(2)3)58-41(73)28(10-8-9-14-51)56-44(76)31(55-36(68)13-15-52)17-27-19-53-23-54-27/h19,23-26,28-35,39-40,65-67H,7-18,20-22,51-52H2,1-6H3,(H,53,54)(H,55,68)(H,56,76)(H,57,78)(H,58,73)(H,59,81)(H,60,75)(H,61,77)(H,62,79)(H,63,74)(H,64,80)(H,69,70)(H,71,72)(H,82,83)/t26-,28-,29-,30-,31-,32-,33-,34-,35-,39-,40-/m0/s1. The van der Waals surface area contributed by atoms with E-state index in [4.69, 9.17) is 11.5 Å². The van der Waals surface area contributed by atoms with Crippen LogP contribution in [0.25, 0.3) is 0 Å². The summed E-state index contributed by atoms with van der Waals surface area (Å²) in [6.07, 6.45) is 1.18. The Morgan fingerprint density at radius 3 is 1.40 bits per heavy atom. The summed E-state index contributed by atoms with van der Waals surface area (Å²) in [4.78, 5) is 177. The topological polar surface area (TPSA) is 544 Å². The molecule has 83 heavy (non-hydrogen) atoms. The number of hydrogen-bond acceptors (Lipinski definition) is 19. The molecule has 10 amide bonds. The molecule has 21 N–H and O–H groups in total. The number of imidazole rings is 1. The number of rotatable bonds is 41. The van der Waals surface area contributed by atoms with E-state index in [-0.39, 0.29) is 51.1 Å². The summed E-state index contributed by atoms with van der Waals surface area (Å²) >= 11 is 0. The number of amides is 10. The minimum Gasteiger partial charge on any atom is -0.481 e. The van der Waals surface area contributed by atoms with E-state index in [0.717, 1.165) is 0 Å². The highest BCUT2D eigenvalue weighted by Crippen LogP contribution is 2.13. The summed E-state index contributed by atoms with van der Waals surface area (Å²) < 4.78 is 0. The van der Waals surface area contributed by atoms with Crippen molar-refractivity contribution in [1.82, 2.24) is 63.1 Å². The highest BCUT2D eigenvalue weighted by atomic mass is 16.4.